The predicted molar refractivity (Wildman–Crippen MR) is 89.4 cm³/mol. The zero-order valence-electron chi connectivity index (χ0n) is 15.2. The third-order valence-corrected chi connectivity index (χ3v) is 9.36. The van der Waals surface area contributed by atoms with E-state index < -0.39 is 5.60 Å². The van der Waals surface area contributed by atoms with E-state index in [-0.39, 0.29) is 35.2 Å². The van der Waals surface area contributed by atoms with Crippen molar-refractivity contribution >= 4 is 0 Å². The minimum absolute atomic E-state index is 0.00361. The summed E-state index contributed by atoms with van der Waals surface area (Å²) in [6.45, 7) is 4.60. The maximum absolute atomic E-state index is 11.8. The first kappa shape index (κ1) is 16.0. The van der Waals surface area contributed by atoms with Crippen molar-refractivity contribution in [3.05, 3.63) is 0 Å². The summed E-state index contributed by atoms with van der Waals surface area (Å²) >= 11 is 0. The average molecular weight is 336 g/mol. The van der Waals surface area contributed by atoms with Gasteiger partial charge in [-0.2, -0.15) is 0 Å². The van der Waals surface area contributed by atoms with E-state index in [1.165, 1.54) is 0 Å². The highest BCUT2D eigenvalue weighted by molar-refractivity contribution is 5.25. The highest BCUT2D eigenvalue weighted by atomic mass is 16.6. The van der Waals surface area contributed by atoms with Gasteiger partial charge >= 0.3 is 0 Å². The molecule has 4 nitrogen and oxygen atoms in total. The number of rotatable bonds is 1. The second-order valence-electron chi connectivity index (χ2n) is 9.81. The van der Waals surface area contributed by atoms with Crippen molar-refractivity contribution in [1.82, 2.24) is 0 Å². The van der Waals surface area contributed by atoms with Crippen molar-refractivity contribution in [2.45, 2.75) is 88.8 Å². The van der Waals surface area contributed by atoms with Gasteiger partial charge in [0.2, 0.25) is 0 Å². The molecule has 0 unspecified atom stereocenters. The third-order valence-electron chi connectivity index (χ3n) is 9.36. The maximum atomic E-state index is 11.8. The monoisotopic (exact) mass is 336 g/mol. The number of ether oxygens (including phenoxy) is 2. The molecule has 0 spiro atoms. The van der Waals surface area contributed by atoms with Crippen molar-refractivity contribution < 1.29 is 19.7 Å². The number of aliphatic hydroxyl groups is 2. The topological polar surface area (TPSA) is 58.9 Å². The smallest absolute Gasteiger partial charge is 0.125 e. The van der Waals surface area contributed by atoms with Crippen molar-refractivity contribution in [2.24, 2.45) is 28.6 Å². The molecule has 4 aliphatic carbocycles. The molecule has 4 saturated carbocycles. The summed E-state index contributed by atoms with van der Waals surface area (Å²) in [4.78, 5) is 0. The lowest BCUT2D eigenvalue weighted by Gasteiger charge is -2.63. The van der Waals surface area contributed by atoms with Gasteiger partial charge in [0.15, 0.2) is 0 Å². The summed E-state index contributed by atoms with van der Waals surface area (Å²) < 4.78 is 12.4. The molecule has 0 amide bonds. The quantitative estimate of drug-likeness (QED) is 0.772. The number of fused-ring (bicyclic) bond motifs is 6. The van der Waals surface area contributed by atoms with Crippen LogP contribution in [0.2, 0.25) is 0 Å². The molecule has 0 radical (unpaired) electrons. The normalized spacial score (nSPS) is 64.6. The summed E-state index contributed by atoms with van der Waals surface area (Å²) in [6.07, 6.45) is 6.89. The van der Waals surface area contributed by atoms with Crippen LogP contribution in [-0.2, 0) is 9.47 Å². The second kappa shape index (κ2) is 4.76. The molecule has 1 heterocycles. The van der Waals surface area contributed by atoms with Gasteiger partial charge in [0.25, 0.3) is 0 Å². The van der Waals surface area contributed by atoms with Crippen LogP contribution in [0.1, 0.15) is 58.8 Å². The van der Waals surface area contributed by atoms with Crippen molar-refractivity contribution in [3.63, 3.8) is 0 Å². The van der Waals surface area contributed by atoms with Gasteiger partial charge in [-0.1, -0.05) is 20.3 Å². The van der Waals surface area contributed by atoms with E-state index in [0.717, 1.165) is 44.9 Å². The van der Waals surface area contributed by atoms with Gasteiger partial charge < -0.3 is 19.7 Å². The molecule has 2 bridgehead atoms. The molecule has 5 aliphatic rings. The fourth-order valence-corrected chi connectivity index (χ4v) is 8.09. The first-order valence-electron chi connectivity index (χ1n) is 9.96. The lowest BCUT2D eigenvalue weighted by Crippen LogP contribution is -2.71. The van der Waals surface area contributed by atoms with Crippen LogP contribution < -0.4 is 0 Å². The molecule has 2 N–H and O–H groups in total. The summed E-state index contributed by atoms with van der Waals surface area (Å²) in [5, 5.41) is 22.5. The number of methoxy groups -OCH3 is 1. The Kier molecular flexibility index (Phi) is 3.18. The first-order chi connectivity index (χ1) is 11.4. The molecular formula is C20H32O4. The number of aliphatic hydroxyl groups excluding tert-OH is 1. The van der Waals surface area contributed by atoms with E-state index >= 15 is 0 Å². The lowest BCUT2D eigenvalue weighted by atomic mass is 9.43. The van der Waals surface area contributed by atoms with Crippen LogP contribution in [0.15, 0.2) is 0 Å². The average Bonchev–Trinajstić information content (AvgIpc) is 3.01. The van der Waals surface area contributed by atoms with E-state index in [9.17, 15) is 10.2 Å². The van der Waals surface area contributed by atoms with Crippen LogP contribution in [0.3, 0.4) is 0 Å². The summed E-state index contributed by atoms with van der Waals surface area (Å²) in [5.74, 6) is 1.40. The van der Waals surface area contributed by atoms with Crippen LogP contribution in [0.5, 0.6) is 0 Å². The fourth-order valence-electron chi connectivity index (χ4n) is 8.09. The van der Waals surface area contributed by atoms with Crippen LogP contribution in [-0.4, -0.2) is 47.3 Å². The SMILES string of the molecule is CO[C@@H]1[C@H]2O[C@@H]3CCC[C@](C)([C@H]4CC[C@]5(C)[C@@H](O)CC[C@H]5[C@H]24)[C@]13O. The van der Waals surface area contributed by atoms with Gasteiger partial charge in [0, 0.05) is 12.5 Å². The van der Waals surface area contributed by atoms with E-state index in [4.69, 9.17) is 9.47 Å². The maximum Gasteiger partial charge on any atom is 0.125 e. The van der Waals surface area contributed by atoms with E-state index in [1.54, 1.807) is 7.11 Å². The fraction of sp³-hybridized carbons (Fsp3) is 1.00. The molecule has 1 aliphatic heterocycles. The molecule has 24 heavy (non-hydrogen) atoms. The molecule has 1 saturated heterocycles. The molecule has 10 atom stereocenters. The Bertz CT molecular complexity index is 552. The molecule has 0 aromatic heterocycles. The van der Waals surface area contributed by atoms with Crippen molar-refractivity contribution in [3.8, 4) is 0 Å². The highest BCUT2D eigenvalue weighted by Crippen LogP contribution is 2.70. The minimum Gasteiger partial charge on any atom is -0.393 e. The van der Waals surface area contributed by atoms with Crippen LogP contribution in [0.25, 0.3) is 0 Å². The Balaban J connectivity index is 1.64. The Hall–Kier alpha value is -0.160. The van der Waals surface area contributed by atoms with Gasteiger partial charge in [-0.3, -0.25) is 0 Å². The molecule has 136 valence electrons. The van der Waals surface area contributed by atoms with Gasteiger partial charge in [0.05, 0.1) is 18.3 Å². The van der Waals surface area contributed by atoms with Crippen molar-refractivity contribution in [1.29, 1.82) is 0 Å². The molecule has 0 aromatic rings. The molecule has 0 aromatic carbocycles. The van der Waals surface area contributed by atoms with Gasteiger partial charge in [0.1, 0.15) is 11.7 Å². The standard InChI is InChI=1S/C20H32O4/c1-18-10-8-12-15(11(18)6-7-13(18)21)16-17(23-3)20(22)14(24-16)5-4-9-19(12,20)2/h11-17,21-22H,4-10H2,1-3H3/t11-,12-,13-,14+,15-,16-,17+,18-,19+,20+/m0/s1. The molecule has 5 rings (SSSR count). The Labute approximate surface area is 144 Å². The first-order valence-corrected chi connectivity index (χ1v) is 9.96. The van der Waals surface area contributed by atoms with E-state index in [2.05, 4.69) is 13.8 Å². The Morgan fingerprint density at radius 1 is 1.04 bits per heavy atom. The largest absolute Gasteiger partial charge is 0.393 e. The summed E-state index contributed by atoms with van der Waals surface area (Å²) in [6, 6.07) is 0. The highest BCUT2D eigenvalue weighted by Gasteiger charge is 2.76. The molecule has 4 heteroatoms. The van der Waals surface area contributed by atoms with E-state index in [0.29, 0.717) is 17.8 Å². The van der Waals surface area contributed by atoms with E-state index in [1.807, 2.05) is 0 Å². The van der Waals surface area contributed by atoms with Gasteiger partial charge in [-0.15, -0.1) is 0 Å². The number of hydrogen-bond acceptors (Lipinski definition) is 4. The van der Waals surface area contributed by atoms with Crippen LogP contribution >= 0.6 is 0 Å². The van der Waals surface area contributed by atoms with Gasteiger partial charge in [-0.05, 0) is 61.7 Å². The Morgan fingerprint density at radius 3 is 2.58 bits per heavy atom. The lowest BCUT2D eigenvalue weighted by molar-refractivity contribution is -0.244. The summed E-state index contributed by atoms with van der Waals surface area (Å²) in [5.41, 5.74) is -0.939. The van der Waals surface area contributed by atoms with Crippen LogP contribution in [0, 0.1) is 28.6 Å². The predicted octanol–water partition coefficient (Wildman–Crippen LogP) is 2.51. The zero-order valence-corrected chi connectivity index (χ0v) is 15.2. The second-order valence-corrected chi connectivity index (χ2v) is 9.81. The molecule has 5 fully saturated rings. The zero-order chi connectivity index (χ0) is 16.9. The minimum atomic E-state index is -0.837. The molecular weight excluding hydrogens is 304 g/mol. The third kappa shape index (κ3) is 1.53. The Morgan fingerprint density at radius 2 is 1.83 bits per heavy atom. The summed E-state index contributed by atoms with van der Waals surface area (Å²) in [7, 11) is 1.74. The van der Waals surface area contributed by atoms with Crippen LogP contribution in [0.4, 0.5) is 0 Å². The number of hydrogen-bond donors (Lipinski definition) is 2. The van der Waals surface area contributed by atoms with Crippen molar-refractivity contribution in [2.75, 3.05) is 7.11 Å². The van der Waals surface area contributed by atoms with Gasteiger partial charge in [-0.25, -0.2) is 0 Å².